The lowest BCUT2D eigenvalue weighted by molar-refractivity contribution is 0.0897. The minimum atomic E-state index is -0.180. The van der Waals surface area contributed by atoms with Crippen LogP contribution in [0.25, 0.3) is 0 Å². The Morgan fingerprint density at radius 2 is 2.00 bits per heavy atom. The van der Waals surface area contributed by atoms with Crippen LogP contribution in [0.4, 0.5) is 0 Å². The number of hydrogen-bond donors (Lipinski definition) is 1. The Bertz CT molecular complexity index is 783. The number of nitrogens with zero attached hydrogens (tertiary/aromatic N) is 2. The molecule has 0 spiro atoms. The number of aromatic nitrogens is 1. The molecular formula is C20H24ClN3O3. The zero-order valence-corrected chi connectivity index (χ0v) is 16.3. The molecule has 0 unspecified atom stereocenters. The molecule has 27 heavy (non-hydrogen) atoms. The molecule has 1 fully saturated rings. The summed E-state index contributed by atoms with van der Waals surface area (Å²) in [6, 6.07) is 11.3. The van der Waals surface area contributed by atoms with Crippen molar-refractivity contribution < 1.29 is 14.3 Å². The fourth-order valence-corrected chi connectivity index (χ4v) is 3.42. The molecule has 0 saturated carbocycles. The first-order chi connectivity index (χ1) is 13.1. The average molecular weight is 390 g/mol. The number of carbonyl (C=O) groups is 1. The molecule has 0 radical (unpaired) electrons. The normalized spacial score (nSPS) is 17.4. The van der Waals surface area contributed by atoms with Gasteiger partial charge in [0.15, 0.2) is 0 Å². The van der Waals surface area contributed by atoms with Gasteiger partial charge in [0, 0.05) is 30.2 Å². The third-order valence-electron chi connectivity index (χ3n) is 4.64. The van der Waals surface area contributed by atoms with E-state index in [0.717, 1.165) is 37.5 Å². The highest BCUT2D eigenvalue weighted by Crippen LogP contribution is 2.21. The van der Waals surface area contributed by atoms with Gasteiger partial charge in [-0.2, -0.15) is 4.98 Å². The predicted molar refractivity (Wildman–Crippen MR) is 105 cm³/mol. The third-order valence-corrected chi connectivity index (χ3v) is 4.89. The number of halogens is 1. The number of rotatable bonds is 6. The highest BCUT2D eigenvalue weighted by Gasteiger charge is 2.23. The van der Waals surface area contributed by atoms with Gasteiger partial charge in [-0.3, -0.25) is 9.69 Å². The Morgan fingerprint density at radius 1 is 1.22 bits per heavy atom. The van der Waals surface area contributed by atoms with Gasteiger partial charge in [-0.15, -0.1) is 0 Å². The lowest BCUT2D eigenvalue weighted by atomic mass is 10.0. The largest absolute Gasteiger partial charge is 0.481 e. The Kier molecular flexibility index (Phi) is 6.53. The number of nitrogens with one attached hydrogen (secondary N) is 1. The van der Waals surface area contributed by atoms with Gasteiger partial charge < -0.3 is 14.8 Å². The first-order valence-corrected chi connectivity index (χ1v) is 9.33. The van der Waals surface area contributed by atoms with Crippen molar-refractivity contribution in [3.63, 3.8) is 0 Å². The molecular weight excluding hydrogens is 366 g/mol. The van der Waals surface area contributed by atoms with Crippen molar-refractivity contribution in [1.29, 1.82) is 0 Å². The Hall–Kier alpha value is -2.31. The Morgan fingerprint density at radius 3 is 2.70 bits per heavy atom. The van der Waals surface area contributed by atoms with E-state index in [2.05, 4.69) is 15.2 Å². The van der Waals surface area contributed by atoms with E-state index >= 15 is 0 Å². The van der Waals surface area contributed by atoms with Crippen LogP contribution in [-0.2, 0) is 6.54 Å². The average Bonchev–Trinajstić information content (AvgIpc) is 2.69. The summed E-state index contributed by atoms with van der Waals surface area (Å²) in [6.45, 7) is 2.67. The lowest BCUT2D eigenvalue weighted by Gasteiger charge is -2.33. The molecule has 1 N–H and O–H groups in total. The second kappa shape index (κ2) is 9.06. The van der Waals surface area contributed by atoms with Crippen molar-refractivity contribution in [2.45, 2.75) is 25.4 Å². The molecule has 0 aliphatic carbocycles. The zero-order chi connectivity index (χ0) is 19.2. The first-order valence-electron chi connectivity index (χ1n) is 8.95. The molecule has 2 aromatic rings. The van der Waals surface area contributed by atoms with E-state index in [1.165, 1.54) is 19.8 Å². The molecule has 144 valence electrons. The van der Waals surface area contributed by atoms with Crippen molar-refractivity contribution in [2.24, 2.45) is 0 Å². The molecule has 0 bridgehead atoms. The molecule has 2 heterocycles. The van der Waals surface area contributed by atoms with Crippen LogP contribution >= 0.6 is 11.6 Å². The molecule has 1 aromatic heterocycles. The van der Waals surface area contributed by atoms with Crippen LogP contribution in [0.5, 0.6) is 11.8 Å². The zero-order valence-electron chi connectivity index (χ0n) is 15.6. The molecule has 6 nitrogen and oxygen atoms in total. The molecule has 1 amide bonds. The second-order valence-corrected chi connectivity index (χ2v) is 7.02. The van der Waals surface area contributed by atoms with Gasteiger partial charge >= 0.3 is 0 Å². The minimum absolute atomic E-state index is 0.0883. The lowest BCUT2D eigenvalue weighted by Crippen LogP contribution is -2.47. The van der Waals surface area contributed by atoms with Crippen LogP contribution in [0, 0.1) is 0 Å². The monoisotopic (exact) mass is 389 g/mol. The summed E-state index contributed by atoms with van der Waals surface area (Å²) in [4.78, 5) is 19.2. The van der Waals surface area contributed by atoms with Gasteiger partial charge in [-0.1, -0.05) is 23.7 Å². The van der Waals surface area contributed by atoms with Crippen LogP contribution in [0.1, 0.15) is 28.8 Å². The van der Waals surface area contributed by atoms with Gasteiger partial charge in [-0.25, -0.2) is 0 Å². The number of ether oxygens (including phenoxy) is 2. The molecule has 1 aliphatic heterocycles. The van der Waals surface area contributed by atoms with Crippen LogP contribution in [-0.4, -0.2) is 49.1 Å². The number of amides is 1. The number of pyridine rings is 1. The van der Waals surface area contributed by atoms with Crippen LogP contribution in [0.3, 0.4) is 0 Å². The summed E-state index contributed by atoms with van der Waals surface area (Å²) in [5.41, 5.74) is 1.63. The number of piperidine rings is 1. The highest BCUT2D eigenvalue weighted by molar-refractivity contribution is 6.30. The molecule has 3 rings (SSSR count). The fourth-order valence-electron chi connectivity index (χ4n) is 3.29. The summed E-state index contributed by atoms with van der Waals surface area (Å²) in [5.74, 6) is 0.497. The summed E-state index contributed by atoms with van der Waals surface area (Å²) in [5, 5.41) is 3.85. The number of benzene rings is 1. The molecule has 1 atom stereocenters. The van der Waals surface area contributed by atoms with Gasteiger partial charge in [0.1, 0.15) is 5.56 Å². The molecule has 7 heteroatoms. The quantitative estimate of drug-likeness (QED) is 0.822. The van der Waals surface area contributed by atoms with E-state index in [0.29, 0.717) is 11.4 Å². The van der Waals surface area contributed by atoms with Gasteiger partial charge in [0.2, 0.25) is 11.8 Å². The van der Waals surface area contributed by atoms with Crippen molar-refractivity contribution in [3.05, 3.63) is 52.5 Å². The van der Waals surface area contributed by atoms with E-state index < -0.39 is 0 Å². The standard InChI is InChI=1S/C20H24ClN3O3/c1-26-18-10-9-17(20(23-18)27-2)19(25)22-16-4-3-11-24(13-16)12-14-5-7-15(21)8-6-14/h5-10,16H,3-4,11-13H2,1-2H3,(H,22,25)/t16-/m1/s1. The Balaban J connectivity index is 1.61. The summed E-state index contributed by atoms with van der Waals surface area (Å²) in [7, 11) is 3.02. The van der Waals surface area contributed by atoms with E-state index in [4.69, 9.17) is 21.1 Å². The molecule has 1 aliphatic rings. The van der Waals surface area contributed by atoms with E-state index in [-0.39, 0.29) is 17.8 Å². The SMILES string of the molecule is COc1ccc(C(=O)N[C@@H]2CCCN(Cc3ccc(Cl)cc3)C2)c(OC)n1. The van der Waals surface area contributed by atoms with E-state index in [9.17, 15) is 4.79 Å². The predicted octanol–water partition coefficient (Wildman–Crippen LogP) is 3.15. The third kappa shape index (κ3) is 5.11. The number of methoxy groups -OCH3 is 2. The summed E-state index contributed by atoms with van der Waals surface area (Å²) >= 11 is 5.95. The second-order valence-electron chi connectivity index (χ2n) is 6.58. The van der Waals surface area contributed by atoms with Crippen molar-refractivity contribution in [3.8, 4) is 11.8 Å². The topological polar surface area (TPSA) is 63.7 Å². The van der Waals surface area contributed by atoms with E-state index in [1.54, 1.807) is 12.1 Å². The number of likely N-dealkylation sites (tertiary alicyclic amines) is 1. The van der Waals surface area contributed by atoms with Gasteiger partial charge in [0.05, 0.1) is 14.2 Å². The molecule has 1 saturated heterocycles. The van der Waals surface area contributed by atoms with Crippen molar-refractivity contribution in [1.82, 2.24) is 15.2 Å². The maximum atomic E-state index is 12.7. The van der Waals surface area contributed by atoms with E-state index in [1.807, 2.05) is 24.3 Å². The fraction of sp³-hybridized carbons (Fsp3) is 0.400. The number of carbonyl (C=O) groups excluding carboxylic acids is 1. The maximum absolute atomic E-state index is 12.7. The Labute approximate surface area is 164 Å². The van der Waals surface area contributed by atoms with Gasteiger partial charge in [-0.05, 0) is 43.1 Å². The first kappa shape index (κ1) is 19.5. The summed E-state index contributed by atoms with van der Waals surface area (Å²) in [6.07, 6.45) is 1.99. The van der Waals surface area contributed by atoms with Crippen LogP contribution < -0.4 is 14.8 Å². The minimum Gasteiger partial charge on any atom is -0.481 e. The maximum Gasteiger partial charge on any atom is 0.257 e. The van der Waals surface area contributed by atoms with Crippen LogP contribution in [0.15, 0.2) is 36.4 Å². The number of hydrogen-bond acceptors (Lipinski definition) is 5. The smallest absolute Gasteiger partial charge is 0.257 e. The van der Waals surface area contributed by atoms with Crippen molar-refractivity contribution >= 4 is 17.5 Å². The summed E-state index contributed by atoms with van der Waals surface area (Å²) < 4.78 is 10.3. The van der Waals surface area contributed by atoms with Crippen molar-refractivity contribution in [2.75, 3.05) is 27.3 Å². The molecule has 1 aromatic carbocycles. The van der Waals surface area contributed by atoms with Crippen LogP contribution in [0.2, 0.25) is 5.02 Å². The van der Waals surface area contributed by atoms with Gasteiger partial charge in [0.25, 0.3) is 5.91 Å². The highest BCUT2D eigenvalue weighted by atomic mass is 35.5.